The van der Waals surface area contributed by atoms with Crippen LogP contribution in [0.4, 0.5) is 15.8 Å². The molecule has 0 saturated heterocycles. The van der Waals surface area contributed by atoms with E-state index < -0.39 is 0 Å². The van der Waals surface area contributed by atoms with Crippen LogP contribution in [0.3, 0.4) is 0 Å². The van der Waals surface area contributed by atoms with E-state index in [2.05, 4.69) is 89.8 Å². The molecule has 2 aliphatic heterocycles. The predicted octanol–water partition coefficient (Wildman–Crippen LogP) is 8.57. The summed E-state index contributed by atoms with van der Waals surface area (Å²) < 4.78 is 13.8. The Labute approximate surface area is 203 Å². The molecule has 2 heterocycles. The van der Waals surface area contributed by atoms with E-state index in [4.69, 9.17) is 0 Å². The molecule has 0 spiro atoms. The van der Waals surface area contributed by atoms with Gasteiger partial charge in [0.25, 0.3) is 0 Å². The molecule has 1 atom stereocenters. The van der Waals surface area contributed by atoms with Crippen molar-refractivity contribution in [3.63, 3.8) is 0 Å². The topological polar surface area (TPSA) is 3.24 Å². The van der Waals surface area contributed by atoms with Crippen LogP contribution in [-0.2, 0) is 12.8 Å². The molecule has 1 unspecified atom stereocenters. The number of fused-ring (bicyclic) bond motifs is 11. The van der Waals surface area contributed by atoms with Gasteiger partial charge in [0.2, 0.25) is 0 Å². The normalized spacial score (nSPS) is 16.1. The fourth-order valence-electron chi connectivity index (χ4n) is 6.49. The van der Waals surface area contributed by atoms with Crippen molar-refractivity contribution in [3.8, 4) is 11.1 Å². The van der Waals surface area contributed by atoms with Gasteiger partial charge in [0, 0.05) is 17.4 Å². The second-order valence-corrected chi connectivity index (χ2v) is 9.90. The molecule has 1 nitrogen and oxygen atoms in total. The van der Waals surface area contributed by atoms with Gasteiger partial charge in [0.1, 0.15) is 5.82 Å². The van der Waals surface area contributed by atoms with E-state index in [1.54, 1.807) is 12.1 Å². The summed E-state index contributed by atoms with van der Waals surface area (Å²) in [5.41, 5.74) is 7.43. The average molecular weight is 452 g/mol. The zero-order valence-electron chi connectivity index (χ0n) is 19.1. The van der Waals surface area contributed by atoms with Gasteiger partial charge in [-0.2, -0.15) is 0 Å². The van der Waals surface area contributed by atoms with Crippen LogP contribution in [0.2, 0.25) is 0 Å². The van der Waals surface area contributed by atoms with Crippen molar-refractivity contribution < 1.29 is 4.39 Å². The highest BCUT2D eigenvalue weighted by Gasteiger charge is 2.37. The van der Waals surface area contributed by atoms with Crippen molar-refractivity contribution in [3.05, 3.63) is 120 Å². The third-order valence-electron chi connectivity index (χ3n) is 7.99. The molecular formula is C33H22FN. The van der Waals surface area contributed by atoms with Gasteiger partial charge >= 0.3 is 0 Å². The van der Waals surface area contributed by atoms with Crippen molar-refractivity contribution >= 4 is 43.7 Å². The fourth-order valence-corrected chi connectivity index (χ4v) is 6.49. The van der Waals surface area contributed by atoms with Gasteiger partial charge in [-0.15, -0.1) is 0 Å². The highest BCUT2D eigenvalue weighted by atomic mass is 19.1. The van der Waals surface area contributed by atoms with E-state index in [-0.39, 0.29) is 5.82 Å². The Bertz CT molecular complexity index is 1800. The highest BCUT2D eigenvalue weighted by molar-refractivity contribution is 6.25. The summed E-state index contributed by atoms with van der Waals surface area (Å²) in [6.07, 6.45) is 1.91. The van der Waals surface area contributed by atoms with E-state index in [9.17, 15) is 4.39 Å². The second kappa shape index (κ2) is 6.93. The number of hydrogen-bond donors (Lipinski definition) is 0. The SMILES string of the molecule is Fc1ccc2c(c1)CC1Cc3cc(-c4ccc5c6ccccc6c6ccccc6c5c4)ccc3N21. The first-order chi connectivity index (χ1) is 17.2. The maximum Gasteiger partial charge on any atom is 0.123 e. The van der Waals surface area contributed by atoms with Crippen LogP contribution < -0.4 is 4.90 Å². The van der Waals surface area contributed by atoms with Gasteiger partial charge in [-0.25, -0.2) is 4.39 Å². The van der Waals surface area contributed by atoms with Gasteiger partial charge < -0.3 is 4.90 Å². The van der Waals surface area contributed by atoms with E-state index >= 15 is 0 Å². The lowest BCUT2D eigenvalue weighted by molar-refractivity contribution is 0.625. The third kappa shape index (κ3) is 2.68. The first kappa shape index (κ1) is 19.2. The van der Waals surface area contributed by atoms with E-state index in [1.807, 2.05) is 6.07 Å². The standard InChI is InChI=1S/C33H22FN/c34-24-11-14-33-23(16-24)18-25-17-22-15-20(10-13-32(22)35(25)33)21-9-12-30-28-7-2-1-5-26(28)27-6-3-4-8-29(27)31(30)19-21/h1-16,19,25H,17-18H2. The number of benzene rings is 6. The Morgan fingerprint density at radius 1 is 0.514 bits per heavy atom. The van der Waals surface area contributed by atoms with Gasteiger partial charge in [-0.1, -0.05) is 66.7 Å². The average Bonchev–Trinajstić information content (AvgIpc) is 3.43. The molecule has 0 saturated carbocycles. The first-order valence-corrected chi connectivity index (χ1v) is 12.3. The monoisotopic (exact) mass is 451 g/mol. The van der Waals surface area contributed by atoms with E-state index in [1.165, 1.54) is 54.7 Å². The molecule has 0 aromatic heterocycles. The molecule has 6 aromatic rings. The molecule has 0 amide bonds. The molecule has 166 valence electrons. The minimum atomic E-state index is -0.142. The molecule has 0 N–H and O–H groups in total. The summed E-state index contributed by atoms with van der Waals surface area (Å²) in [4.78, 5) is 2.41. The van der Waals surface area contributed by atoms with E-state index in [0.29, 0.717) is 6.04 Å². The summed E-state index contributed by atoms with van der Waals surface area (Å²) in [6.45, 7) is 0. The summed E-state index contributed by atoms with van der Waals surface area (Å²) in [7, 11) is 0. The van der Waals surface area contributed by atoms with Gasteiger partial charge in [-0.05, 0) is 104 Å². The lowest BCUT2D eigenvalue weighted by Gasteiger charge is -2.20. The van der Waals surface area contributed by atoms with Crippen LogP contribution in [0.5, 0.6) is 0 Å². The quantitative estimate of drug-likeness (QED) is 0.226. The Hall–Kier alpha value is -4.17. The first-order valence-electron chi connectivity index (χ1n) is 12.3. The molecule has 0 aliphatic carbocycles. The van der Waals surface area contributed by atoms with Crippen molar-refractivity contribution in [2.24, 2.45) is 0 Å². The number of nitrogens with zero attached hydrogens (tertiary/aromatic N) is 1. The van der Waals surface area contributed by atoms with Crippen molar-refractivity contribution in [2.75, 3.05) is 4.90 Å². The molecule has 2 aliphatic rings. The third-order valence-corrected chi connectivity index (χ3v) is 7.99. The highest BCUT2D eigenvalue weighted by Crippen LogP contribution is 2.47. The minimum absolute atomic E-state index is 0.142. The molecule has 0 bridgehead atoms. The molecule has 8 rings (SSSR count). The number of rotatable bonds is 1. The van der Waals surface area contributed by atoms with Gasteiger partial charge in [0.05, 0.1) is 0 Å². The summed E-state index contributed by atoms with van der Waals surface area (Å²) in [5.74, 6) is -0.142. The summed E-state index contributed by atoms with van der Waals surface area (Å²) >= 11 is 0. The molecule has 2 heteroatoms. The lowest BCUT2D eigenvalue weighted by atomic mass is 9.91. The Morgan fingerprint density at radius 3 is 1.71 bits per heavy atom. The zero-order valence-corrected chi connectivity index (χ0v) is 19.1. The lowest BCUT2D eigenvalue weighted by Crippen LogP contribution is -2.22. The maximum atomic E-state index is 13.8. The summed E-state index contributed by atoms with van der Waals surface area (Å²) in [6, 6.07) is 36.8. The van der Waals surface area contributed by atoms with Crippen LogP contribution in [0, 0.1) is 5.82 Å². The van der Waals surface area contributed by atoms with Crippen LogP contribution in [0.25, 0.3) is 43.4 Å². The van der Waals surface area contributed by atoms with Crippen molar-refractivity contribution in [1.82, 2.24) is 0 Å². The molecule has 35 heavy (non-hydrogen) atoms. The van der Waals surface area contributed by atoms with Crippen molar-refractivity contribution in [2.45, 2.75) is 18.9 Å². The Balaban J connectivity index is 1.28. The van der Waals surface area contributed by atoms with Crippen molar-refractivity contribution in [1.29, 1.82) is 0 Å². The Morgan fingerprint density at radius 2 is 1.03 bits per heavy atom. The fraction of sp³-hybridized carbons (Fsp3) is 0.0909. The molecular weight excluding hydrogens is 429 g/mol. The molecule has 6 aromatic carbocycles. The minimum Gasteiger partial charge on any atom is -0.337 e. The van der Waals surface area contributed by atoms with Gasteiger partial charge in [-0.3, -0.25) is 0 Å². The van der Waals surface area contributed by atoms with Gasteiger partial charge in [0.15, 0.2) is 0 Å². The second-order valence-electron chi connectivity index (χ2n) is 9.90. The number of anilines is 2. The van der Waals surface area contributed by atoms with Crippen LogP contribution >= 0.6 is 0 Å². The number of hydrogen-bond acceptors (Lipinski definition) is 1. The predicted molar refractivity (Wildman–Crippen MR) is 144 cm³/mol. The molecule has 0 radical (unpaired) electrons. The van der Waals surface area contributed by atoms with Crippen LogP contribution in [0.1, 0.15) is 11.1 Å². The Kier molecular flexibility index (Phi) is 3.79. The van der Waals surface area contributed by atoms with Crippen LogP contribution in [0.15, 0.2) is 103 Å². The number of halogens is 1. The van der Waals surface area contributed by atoms with Crippen LogP contribution in [-0.4, -0.2) is 6.04 Å². The smallest absolute Gasteiger partial charge is 0.123 e. The largest absolute Gasteiger partial charge is 0.337 e. The van der Waals surface area contributed by atoms with E-state index in [0.717, 1.165) is 24.1 Å². The summed E-state index contributed by atoms with van der Waals surface area (Å²) in [5, 5.41) is 7.81. The molecule has 0 fully saturated rings. The maximum absolute atomic E-state index is 13.8. The zero-order chi connectivity index (χ0) is 23.1.